The zero-order valence-electron chi connectivity index (χ0n) is 15.8. The highest BCUT2D eigenvalue weighted by molar-refractivity contribution is 5.48. The number of carbonyl (C=O) groups excluding carboxylic acids is 1. The first kappa shape index (κ1) is 18.2. The van der Waals surface area contributed by atoms with E-state index < -0.39 is 0 Å². The molecule has 1 aliphatic carbocycles. The zero-order chi connectivity index (χ0) is 18.5. The normalized spacial score (nSPS) is 28.8. The van der Waals surface area contributed by atoms with Crippen LogP contribution >= 0.6 is 0 Å². The number of rotatable bonds is 6. The maximum Gasteiger partial charge on any atom is 0.210 e. The fraction of sp³-hybridized carbons (Fsp3) is 0.545. The highest BCUT2D eigenvalue weighted by Crippen LogP contribution is 2.35. The van der Waals surface area contributed by atoms with Crippen molar-refractivity contribution in [2.75, 3.05) is 13.2 Å². The Morgan fingerprint density at radius 2 is 1.93 bits per heavy atom. The maximum absolute atomic E-state index is 11.6. The van der Waals surface area contributed by atoms with Crippen molar-refractivity contribution in [1.29, 1.82) is 0 Å². The number of carbonyl (C=O) groups is 1. The van der Waals surface area contributed by atoms with Crippen LogP contribution in [0.4, 0.5) is 0 Å². The van der Waals surface area contributed by atoms with Crippen LogP contribution in [0.2, 0.25) is 0 Å². The Bertz CT molecular complexity index is 696. The lowest BCUT2D eigenvalue weighted by molar-refractivity contribution is -0.125. The molecule has 1 saturated heterocycles. The van der Waals surface area contributed by atoms with E-state index in [1.54, 1.807) is 0 Å². The number of hydrogen-bond acceptors (Lipinski definition) is 3. The number of aromatic amines is 1. The van der Waals surface area contributed by atoms with Crippen LogP contribution in [0.15, 0.2) is 42.6 Å². The molecule has 1 aromatic heterocycles. The number of likely N-dealkylation sites (tertiary alicyclic amines) is 1. The molecule has 1 N–H and O–H groups in total. The third-order valence-electron chi connectivity index (χ3n) is 6.31. The molecule has 2 unspecified atom stereocenters. The Hall–Kier alpha value is -2.14. The molecular formula is C22H29N3O2. The molecule has 5 heteroatoms. The molecule has 2 heterocycles. The average Bonchev–Trinajstić information content (AvgIpc) is 3.28. The SMILES string of the molecule is O=CN1CCCC(c2cc[nH]n2)C1COC1CCC(c2ccccc2)CC1. The Kier molecular flexibility index (Phi) is 5.87. The molecule has 2 aromatic rings. The van der Waals surface area contributed by atoms with Gasteiger partial charge in [0.1, 0.15) is 0 Å². The fourth-order valence-electron chi connectivity index (χ4n) is 4.77. The van der Waals surface area contributed by atoms with Gasteiger partial charge in [-0.2, -0.15) is 5.10 Å². The van der Waals surface area contributed by atoms with Crippen LogP contribution in [0.1, 0.15) is 61.6 Å². The average molecular weight is 367 g/mol. The minimum atomic E-state index is 0.0893. The molecule has 2 fully saturated rings. The van der Waals surface area contributed by atoms with Gasteiger partial charge in [-0.15, -0.1) is 0 Å². The summed E-state index contributed by atoms with van der Waals surface area (Å²) in [6.07, 6.45) is 9.79. The number of amides is 1. The van der Waals surface area contributed by atoms with Gasteiger partial charge in [-0.1, -0.05) is 30.3 Å². The van der Waals surface area contributed by atoms with Gasteiger partial charge in [0.25, 0.3) is 0 Å². The van der Waals surface area contributed by atoms with E-state index in [2.05, 4.69) is 40.5 Å². The van der Waals surface area contributed by atoms with Crippen LogP contribution in [-0.4, -0.2) is 46.8 Å². The zero-order valence-corrected chi connectivity index (χ0v) is 15.8. The number of nitrogens with zero attached hydrogens (tertiary/aromatic N) is 2. The third-order valence-corrected chi connectivity index (χ3v) is 6.31. The number of H-pyrrole nitrogens is 1. The molecular weight excluding hydrogens is 338 g/mol. The third kappa shape index (κ3) is 4.24. The molecule has 2 aliphatic rings. The number of piperidine rings is 1. The lowest BCUT2D eigenvalue weighted by Crippen LogP contribution is -2.47. The van der Waals surface area contributed by atoms with Crippen molar-refractivity contribution in [3.63, 3.8) is 0 Å². The van der Waals surface area contributed by atoms with E-state index in [9.17, 15) is 4.79 Å². The highest BCUT2D eigenvalue weighted by Gasteiger charge is 2.34. The topological polar surface area (TPSA) is 58.2 Å². The molecule has 1 saturated carbocycles. The minimum absolute atomic E-state index is 0.0893. The number of hydrogen-bond donors (Lipinski definition) is 1. The summed E-state index contributed by atoms with van der Waals surface area (Å²) in [5.41, 5.74) is 2.50. The minimum Gasteiger partial charge on any atom is -0.376 e. The molecule has 1 aliphatic heterocycles. The van der Waals surface area contributed by atoms with Crippen LogP contribution < -0.4 is 0 Å². The maximum atomic E-state index is 11.6. The van der Waals surface area contributed by atoms with Gasteiger partial charge in [0.05, 0.1) is 24.4 Å². The van der Waals surface area contributed by atoms with E-state index in [0.29, 0.717) is 18.6 Å². The van der Waals surface area contributed by atoms with E-state index in [1.807, 2.05) is 17.2 Å². The molecule has 5 nitrogen and oxygen atoms in total. The van der Waals surface area contributed by atoms with Crippen molar-refractivity contribution in [3.8, 4) is 0 Å². The molecule has 0 radical (unpaired) electrons. The van der Waals surface area contributed by atoms with E-state index in [4.69, 9.17) is 4.74 Å². The summed E-state index contributed by atoms with van der Waals surface area (Å²) in [4.78, 5) is 13.5. The van der Waals surface area contributed by atoms with Crippen molar-refractivity contribution < 1.29 is 9.53 Å². The summed E-state index contributed by atoms with van der Waals surface area (Å²) in [6, 6.07) is 12.9. The van der Waals surface area contributed by atoms with Crippen molar-refractivity contribution in [1.82, 2.24) is 15.1 Å². The van der Waals surface area contributed by atoms with Gasteiger partial charge < -0.3 is 9.64 Å². The standard InChI is InChI=1S/C22H29N3O2/c26-16-25-14-4-7-20(21-12-13-23-24-21)22(25)15-27-19-10-8-18(9-11-19)17-5-2-1-3-6-17/h1-3,5-6,12-13,16,18-20,22H,4,7-11,14-15H2,(H,23,24). The smallest absolute Gasteiger partial charge is 0.210 e. The van der Waals surface area contributed by atoms with Crippen molar-refractivity contribution in [2.45, 2.75) is 62.5 Å². The molecule has 4 rings (SSSR count). The molecule has 1 amide bonds. The second-order valence-corrected chi connectivity index (χ2v) is 7.88. The predicted octanol–water partition coefficient (Wildman–Crippen LogP) is 3.86. The van der Waals surface area contributed by atoms with Gasteiger partial charge in [-0.3, -0.25) is 9.89 Å². The van der Waals surface area contributed by atoms with Crippen LogP contribution in [0.3, 0.4) is 0 Å². The van der Waals surface area contributed by atoms with Gasteiger partial charge in [0.15, 0.2) is 0 Å². The number of ether oxygens (including phenoxy) is 1. The number of benzene rings is 1. The number of nitrogens with one attached hydrogen (secondary N) is 1. The predicted molar refractivity (Wildman–Crippen MR) is 105 cm³/mol. The largest absolute Gasteiger partial charge is 0.376 e. The second kappa shape index (κ2) is 8.70. The summed E-state index contributed by atoms with van der Waals surface area (Å²) in [5, 5.41) is 7.28. The monoisotopic (exact) mass is 367 g/mol. The van der Waals surface area contributed by atoms with Gasteiger partial charge in [0, 0.05) is 18.7 Å². The summed E-state index contributed by atoms with van der Waals surface area (Å²) in [5.74, 6) is 0.917. The second-order valence-electron chi connectivity index (χ2n) is 7.88. The lowest BCUT2D eigenvalue weighted by atomic mass is 9.82. The van der Waals surface area contributed by atoms with Crippen molar-refractivity contribution in [2.24, 2.45) is 0 Å². The molecule has 0 spiro atoms. The first-order chi connectivity index (χ1) is 13.3. The summed E-state index contributed by atoms with van der Waals surface area (Å²) in [7, 11) is 0. The van der Waals surface area contributed by atoms with Crippen molar-refractivity contribution >= 4 is 6.41 Å². The molecule has 1 aromatic carbocycles. The van der Waals surface area contributed by atoms with Crippen molar-refractivity contribution in [3.05, 3.63) is 53.9 Å². The molecule has 144 valence electrons. The van der Waals surface area contributed by atoms with Gasteiger partial charge in [0.2, 0.25) is 6.41 Å². The van der Waals surface area contributed by atoms with E-state index in [1.165, 1.54) is 18.4 Å². The molecule has 2 atom stereocenters. The number of aromatic nitrogens is 2. The Labute approximate surface area is 161 Å². The summed E-state index contributed by atoms with van der Waals surface area (Å²) in [6.45, 7) is 1.43. The van der Waals surface area contributed by atoms with Gasteiger partial charge >= 0.3 is 0 Å². The summed E-state index contributed by atoms with van der Waals surface area (Å²) >= 11 is 0. The molecule has 27 heavy (non-hydrogen) atoms. The Balaban J connectivity index is 1.33. The van der Waals surface area contributed by atoms with Gasteiger partial charge in [-0.25, -0.2) is 0 Å². The van der Waals surface area contributed by atoms with E-state index in [0.717, 1.165) is 44.3 Å². The Morgan fingerprint density at radius 1 is 1.11 bits per heavy atom. The van der Waals surface area contributed by atoms with Crippen LogP contribution in [-0.2, 0) is 9.53 Å². The lowest BCUT2D eigenvalue weighted by Gasteiger charge is -2.39. The quantitative estimate of drug-likeness (QED) is 0.789. The van der Waals surface area contributed by atoms with Crippen LogP contribution in [0.5, 0.6) is 0 Å². The van der Waals surface area contributed by atoms with Crippen LogP contribution in [0, 0.1) is 0 Å². The Morgan fingerprint density at radius 3 is 2.63 bits per heavy atom. The van der Waals surface area contributed by atoms with Gasteiger partial charge in [-0.05, 0) is 56.1 Å². The summed E-state index contributed by atoms with van der Waals surface area (Å²) < 4.78 is 6.33. The highest BCUT2D eigenvalue weighted by atomic mass is 16.5. The fourth-order valence-corrected chi connectivity index (χ4v) is 4.77. The first-order valence-corrected chi connectivity index (χ1v) is 10.2. The molecule has 0 bridgehead atoms. The van der Waals surface area contributed by atoms with E-state index in [-0.39, 0.29) is 12.0 Å². The van der Waals surface area contributed by atoms with E-state index >= 15 is 0 Å². The first-order valence-electron chi connectivity index (χ1n) is 10.2. The van der Waals surface area contributed by atoms with Crippen LogP contribution in [0.25, 0.3) is 0 Å².